The summed E-state index contributed by atoms with van der Waals surface area (Å²) in [6, 6.07) is 3.86. The third-order valence-electron chi connectivity index (χ3n) is 6.12. The maximum absolute atomic E-state index is 13.6. The van der Waals surface area contributed by atoms with E-state index in [4.69, 9.17) is 9.84 Å². The molecule has 1 aromatic carbocycles. The van der Waals surface area contributed by atoms with Gasteiger partial charge in [0.05, 0.1) is 12.2 Å². The number of carbonyl (C=O) groups excluding carboxylic acids is 1. The Morgan fingerprint density at radius 3 is 2.59 bits per heavy atom. The van der Waals surface area contributed by atoms with Gasteiger partial charge < -0.3 is 14.7 Å². The summed E-state index contributed by atoms with van der Waals surface area (Å²) in [6.07, 6.45) is 7.32. The maximum atomic E-state index is 13.6. The maximum Gasteiger partial charge on any atom is 0.338 e. The molecule has 1 heterocycles. The SMILES string of the molecule is CCC(=O)N1CCC2(CC1)CC(CCCOc1ccc(C(=O)O)c(F)c1)C2. The van der Waals surface area contributed by atoms with Crippen molar-refractivity contribution in [1.29, 1.82) is 0 Å². The Bertz CT molecular complexity index is 689. The highest BCUT2D eigenvalue weighted by atomic mass is 19.1. The monoisotopic (exact) mass is 377 g/mol. The van der Waals surface area contributed by atoms with Gasteiger partial charge >= 0.3 is 5.97 Å². The molecule has 1 aliphatic heterocycles. The van der Waals surface area contributed by atoms with Crippen molar-refractivity contribution >= 4 is 11.9 Å². The van der Waals surface area contributed by atoms with E-state index in [1.807, 2.05) is 11.8 Å². The van der Waals surface area contributed by atoms with E-state index in [0.29, 0.717) is 30.1 Å². The first kappa shape index (κ1) is 19.6. The second-order valence-electron chi connectivity index (χ2n) is 7.95. The Kier molecular flexibility index (Phi) is 6.02. The average molecular weight is 377 g/mol. The normalized spacial score (nSPS) is 19.0. The highest BCUT2D eigenvalue weighted by Crippen LogP contribution is 2.54. The summed E-state index contributed by atoms with van der Waals surface area (Å²) in [7, 11) is 0. The molecule has 2 fully saturated rings. The highest BCUT2D eigenvalue weighted by molar-refractivity contribution is 5.88. The Labute approximate surface area is 159 Å². The summed E-state index contributed by atoms with van der Waals surface area (Å²) < 4.78 is 19.2. The van der Waals surface area contributed by atoms with Crippen LogP contribution in [0.3, 0.4) is 0 Å². The Balaban J connectivity index is 1.33. The molecule has 1 saturated carbocycles. The van der Waals surface area contributed by atoms with Crippen LogP contribution in [0.1, 0.15) is 62.2 Å². The number of ether oxygens (including phenoxy) is 1. The number of carboxylic acids is 1. The van der Waals surface area contributed by atoms with E-state index in [2.05, 4.69) is 0 Å². The summed E-state index contributed by atoms with van der Waals surface area (Å²) in [6.45, 7) is 4.23. The Hall–Kier alpha value is -2.11. The van der Waals surface area contributed by atoms with E-state index in [0.717, 1.165) is 44.8 Å². The lowest BCUT2D eigenvalue weighted by atomic mass is 9.56. The van der Waals surface area contributed by atoms with Crippen molar-refractivity contribution in [3.8, 4) is 5.75 Å². The summed E-state index contributed by atoms with van der Waals surface area (Å²) in [5, 5.41) is 8.82. The van der Waals surface area contributed by atoms with Crippen LogP contribution in [0, 0.1) is 17.2 Å². The Morgan fingerprint density at radius 1 is 1.30 bits per heavy atom. The second-order valence-corrected chi connectivity index (χ2v) is 7.95. The zero-order chi connectivity index (χ0) is 19.4. The largest absolute Gasteiger partial charge is 0.493 e. The number of likely N-dealkylation sites (tertiary alicyclic amines) is 1. The second kappa shape index (κ2) is 8.28. The number of carboxylic acid groups (broad SMARTS) is 1. The number of nitrogens with zero attached hydrogens (tertiary/aromatic N) is 1. The fraction of sp³-hybridized carbons (Fsp3) is 0.619. The van der Waals surface area contributed by atoms with Crippen molar-refractivity contribution in [2.45, 2.75) is 51.9 Å². The molecular weight excluding hydrogens is 349 g/mol. The molecule has 1 aromatic rings. The molecule has 2 aliphatic rings. The van der Waals surface area contributed by atoms with Gasteiger partial charge in [0.15, 0.2) is 0 Å². The van der Waals surface area contributed by atoms with Crippen LogP contribution in [0.4, 0.5) is 4.39 Å². The van der Waals surface area contributed by atoms with Gasteiger partial charge in [-0.1, -0.05) is 6.92 Å². The van der Waals surface area contributed by atoms with Crippen LogP contribution < -0.4 is 4.74 Å². The first-order chi connectivity index (χ1) is 12.9. The molecule has 0 radical (unpaired) electrons. The lowest BCUT2D eigenvalue weighted by Crippen LogP contribution is -2.48. The van der Waals surface area contributed by atoms with Crippen molar-refractivity contribution in [2.24, 2.45) is 11.3 Å². The van der Waals surface area contributed by atoms with E-state index in [1.165, 1.54) is 25.0 Å². The molecular formula is C21H28FNO4. The number of aromatic carboxylic acids is 1. The number of hydrogen-bond acceptors (Lipinski definition) is 3. The summed E-state index contributed by atoms with van der Waals surface area (Å²) in [5.74, 6) is -0.689. The van der Waals surface area contributed by atoms with Crippen LogP contribution in [-0.2, 0) is 4.79 Å². The van der Waals surface area contributed by atoms with Crippen molar-refractivity contribution < 1.29 is 23.8 Å². The molecule has 0 bridgehead atoms. The van der Waals surface area contributed by atoms with Crippen LogP contribution in [0.5, 0.6) is 5.75 Å². The number of piperidine rings is 1. The summed E-state index contributed by atoms with van der Waals surface area (Å²) in [4.78, 5) is 24.6. The van der Waals surface area contributed by atoms with E-state index < -0.39 is 11.8 Å². The predicted octanol–water partition coefficient (Wildman–Crippen LogP) is 4.11. The highest BCUT2D eigenvalue weighted by Gasteiger charge is 2.45. The molecule has 0 unspecified atom stereocenters. The molecule has 1 saturated heterocycles. The van der Waals surface area contributed by atoms with Crippen LogP contribution in [0.15, 0.2) is 18.2 Å². The number of halogens is 1. The lowest BCUT2D eigenvalue weighted by molar-refractivity contribution is -0.135. The van der Waals surface area contributed by atoms with Gasteiger partial charge in [0.2, 0.25) is 5.91 Å². The number of benzene rings is 1. The first-order valence-electron chi connectivity index (χ1n) is 9.86. The van der Waals surface area contributed by atoms with Gasteiger partial charge in [-0.25, -0.2) is 9.18 Å². The zero-order valence-electron chi connectivity index (χ0n) is 15.9. The number of rotatable bonds is 7. The molecule has 1 spiro atoms. The molecule has 1 aliphatic carbocycles. The van der Waals surface area contributed by atoms with Crippen LogP contribution in [0.2, 0.25) is 0 Å². The standard InChI is InChI=1S/C21H28FNO4/c1-2-19(24)23-9-7-21(8-10-23)13-15(14-21)4-3-11-27-16-5-6-17(20(25)26)18(22)12-16/h5-6,12,15H,2-4,7-11,13-14H2,1H3,(H,25,26). The Morgan fingerprint density at radius 2 is 2.00 bits per heavy atom. The minimum absolute atomic E-state index is 0.269. The van der Waals surface area contributed by atoms with E-state index in [9.17, 15) is 14.0 Å². The smallest absolute Gasteiger partial charge is 0.338 e. The topological polar surface area (TPSA) is 66.8 Å². The molecule has 0 atom stereocenters. The third kappa shape index (κ3) is 4.60. The van der Waals surface area contributed by atoms with Crippen molar-refractivity contribution in [1.82, 2.24) is 4.90 Å². The van der Waals surface area contributed by atoms with E-state index >= 15 is 0 Å². The van der Waals surface area contributed by atoms with Gasteiger partial charge in [-0.3, -0.25) is 4.79 Å². The molecule has 1 amide bonds. The van der Waals surface area contributed by atoms with Crippen molar-refractivity contribution in [2.75, 3.05) is 19.7 Å². The molecule has 27 heavy (non-hydrogen) atoms. The van der Waals surface area contributed by atoms with Gasteiger partial charge in [-0.15, -0.1) is 0 Å². The zero-order valence-corrected chi connectivity index (χ0v) is 15.9. The van der Waals surface area contributed by atoms with Crippen LogP contribution in [0.25, 0.3) is 0 Å². The first-order valence-corrected chi connectivity index (χ1v) is 9.86. The minimum Gasteiger partial charge on any atom is -0.493 e. The van der Waals surface area contributed by atoms with Crippen LogP contribution >= 0.6 is 0 Å². The molecule has 0 aromatic heterocycles. The van der Waals surface area contributed by atoms with E-state index in [-0.39, 0.29) is 11.5 Å². The van der Waals surface area contributed by atoms with Crippen molar-refractivity contribution in [3.63, 3.8) is 0 Å². The van der Waals surface area contributed by atoms with Crippen molar-refractivity contribution in [3.05, 3.63) is 29.6 Å². The number of hydrogen-bond donors (Lipinski definition) is 1. The quantitative estimate of drug-likeness (QED) is 0.726. The van der Waals surface area contributed by atoms with E-state index in [1.54, 1.807) is 0 Å². The number of amides is 1. The van der Waals surface area contributed by atoms with Gasteiger partial charge in [-0.05, 0) is 62.0 Å². The number of carbonyl (C=O) groups is 2. The lowest BCUT2D eigenvalue weighted by Gasteiger charge is -2.52. The molecule has 1 N–H and O–H groups in total. The summed E-state index contributed by atoms with van der Waals surface area (Å²) >= 11 is 0. The summed E-state index contributed by atoms with van der Waals surface area (Å²) in [5.41, 5.74) is 0.111. The average Bonchev–Trinajstić information content (AvgIpc) is 2.63. The third-order valence-corrected chi connectivity index (χ3v) is 6.12. The fourth-order valence-electron chi connectivity index (χ4n) is 4.55. The minimum atomic E-state index is -1.28. The van der Waals surface area contributed by atoms with Gasteiger partial charge in [0.1, 0.15) is 11.6 Å². The molecule has 3 rings (SSSR count). The van der Waals surface area contributed by atoms with Crippen LogP contribution in [-0.4, -0.2) is 41.6 Å². The molecule has 148 valence electrons. The molecule has 6 heteroatoms. The predicted molar refractivity (Wildman–Crippen MR) is 99.4 cm³/mol. The van der Waals surface area contributed by atoms with Gasteiger partial charge in [0.25, 0.3) is 0 Å². The molecule has 5 nitrogen and oxygen atoms in total. The van der Waals surface area contributed by atoms with Gasteiger partial charge in [0, 0.05) is 25.6 Å². The fourth-order valence-corrected chi connectivity index (χ4v) is 4.55. The van der Waals surface area contributed by atoms with Gasteiger partial charge in [-0.2, -0.15) is 0 Å².